The predicted molar refractivity (Wildman–Crippen MR) is 173 cm³/mol. The van der Waals surface area contributed by atoms with Crippen molar-refractivity contribution in [1.29, 1.82) is 0 Å². The molecule has 4 aromatic rings. The van der Waals surface area contributed by atoms with Crippen molar-refractivity contribution >= 4 is 0 Å². The molecule has 0 amide bonds. The lowest BCUT2D eigenvalue weighted by Gasteiger charge is -2.37. The molecule has 0 unspecified atom stereocenters. The van der Waals surface area contributed by atoms with E-state index in [9.17, 15) is 10.2 Å². The molecule has 0 aliphatic carbocycles. The molecule has 4 aromatic carbocycles. The SMILES string of the molecule is COc1cc2c3cc1Oc1c(O)c(OC)cc4c1[C@H](Cc1ccc(OC)c(c1)-c1cc(ccc1O)C[C@H]2N(C)CC3)N(C)CC4. The summed E-state index contributed by atoms with van der Waals surface area (Å²) < 4.78 is 24.1. The summed E-state index contributed by atoms with van der Waals surface area (Å²) in [5.74, 6) is 2.85. The van der Waals surface area contributed by atoms with E-state index >= 15 is 0 Å². The highest BCUT2D eigenvalue weighted by Gasteiger charge is 2.34. The van der Waals surface area contributed by atoms with Gasteiger partial charge in [0.15, 0.2) is 23.0 Å². The number of methoxy groups -OCH3 is 3. The molecule has 45 heavy (non-hydrogen) atoms. The van der Waals surface area contributed by atoms with Gasteiger partial charge in [0.05, 0.1) is 21.3 Å². The smallest absolute Gasteiger partial charge is 0.201 e. The average molecular weight is 609 g/mol. The lowest BCUT2D eigenvalue weighted by atomic mass is 9.86. The van der Waals surface area contributed by atoms with Gasteiger partial charge in [-0.2, -0.15) is 0 Å². The first kappa shape index (κ1) is 29.3. The van der Waals surface area contributed by atoms with Crippen LogP contribution in [0.3, 0.4) is 0 Å². The van der Waals surface area contributed by atoms with Gasteiger partial charge in [0.1, 0.15) is 11.5 Å². The second-order valence-electron chi connectivity index (χ2n) is 12.4. The van der Waals surface area contributed by atoms with Crippen LogP contribution in [-0.2, 0) is 25.7 Å². The Hall–Kier alpha value is -4.40. The number of fused-ring (bicyclic) bond motifs is 1. The number of phenolic OH excluding ortho intramolecular Hbond substituents is 2. The fourth-order valence-corrected chi connectivity index (χ4v) is 7.37. The number of aromatic hydroxyl groups is 2. The van der Waals surface area contributed by atoms with Crippen LogP contribution in [0.2, 0.25) is 0 Å². The third kappa shape index (κ3) is 5.02. The molecule has 0 aromatic heterocycles. The van der Waals surface area contributed by atoms with Crippen LogP contribution in [0.4, 0.5) is 0 Å². The number of hydrogen-bond donors (Lipinski definition) is 2. The maximum Gasteiger partial charge on any atom is 0.201 e. The highest BCUT2D eigenvalue weighted by Crippen LogP contribution is 2.51. The number of likely N-dealkylation sites (N-methyl/N-ethyl adjacent to an activating group) is 2. The van der Waals surface area contributed by atoms with Crippen LogP contribution in [0, 0.1) is 0 Å². The predicted octanol–water partition coefficient (Wildman–Crippen LogP) is 6.44. The topological polar surface area (TPSA) is 83.9 Å². The lowest BCUT2D eigenvalue weighted by molar-refractivity contribution is 0.221. The first-order valence-corrected chi connectivity index (χ1v) is 15.5. The van der Waals surface area contributed by atoms with E-state index in [4.69, 9.17) is 18.9 Å². The molecule has 4 heterocycles. The van der Waals surface area contributed by atoms with Gasteiger partial charge in [-0.1, -0.05) is 12.1 Å². The number of benzene rings is 4. The van der Waals surface area contributed by atoms with Crippen LogP contribution in [0.5, 0.6) is 40.2 Å². The number of phenols is 2. The van der Waals surface area contributed by atoms with Crippen LogP contribution in [0.25, 0.3) is 11.1 Å². The Balaban J connectivity index is 1.51. The second kappa shape index (κ2) is 11.5. The monoisotopic (exact) mass is 608 g/mol. The van der Waals surface area contributed by atoms with Crippen molar-refractivity contribution < 1.29 is 29.2 Å². The molecule has 0 spiro atoms. The zero-order chi connectivity index (χ0) is 31.4. The van der Waals surface area contributed by atoms with E-state index in [1.165, 1.54) is 11.1 Å². The molecule has 8 nitrogen and oxygen atoms in total. The molecular weight excluding hydrogens is 568 g/mol. The molecule has 0 radical (unpaired) electrons. The van der Waals surface area contributed by atoms with Crippen molar-refractivity contribution in [1.82, 2.24) is 9.80 Å². The minimum Gasteiger partial charge on any atom is -0.507 e. The summed E-state index contributed by atoms with van der Waals surface area (Å²) >= 11 is 0. The fourth-order valence-electron chi connectivity index (χ4n) is 7.37. The average Bonchev–Trinajstić information content (AvgIpc) is 3.05. The number of ether oxygens (including phenoxy) is 4. The van der Waals surface area contributed by atoms with Crippen LogP contribution in [-0.4, -0.2) is 68.5 Å². The van der Waals surface area contributed by atoms with E-state index < -0.39 is 0 Å². The molecule has 8 heteroatoms. The maximum absolute atomic E-state index is 11.6. The number of hydrogen-bond acceptors (Lipinski definition) is 8. The third-order valence-electron chi connectivity index (χ3n) is 9.90. The van der Waals surface area contributed by atoms with Crippen molar-refractivity contribution in [2.45, 2.75) is 37.8 Å². The van der Waals surface area contributed by atoms with Gasteiger partial charge in [0.25, 0.3) is 0 Å². The van der Waals surface area contributed by atoms with Crippen molar-refractivity contribution in [3.8, 4) is 51.4 Å². The fraction of sp³-hybridized carbons (Fsp3) is 0.351. The molecule has 2 N–H and O–H groups in total. The molecule has 4 aliphatic heterocycles. The summed E-state index contributed by atoms with van der Waals surface area (Å²) in [5.41, 5.74) is 8.16. The Morgan fingerprint density at radius 2 is 1.33 bits per heavy atom. The normalized spacial score (nSPS) is 19.3. The Bertz CT molecular complexity index is 1790. The summed E-state index contributed by atoms with van der Waals surface area (Å²) in [6.45, 7) is 1.73. The van der Waals surface area contributed by atoms with Crippen LogP contribution >= 0.6 is 0 Å². The zero-order valence-electron chi connectivity index (χ0n) is 26.5. The van der Waals surface area contributed by atoms with Crippen LogP contribution in [0.15, 0.2) is 54.6 Å². The van der Waals surface area contributed by atoms with Crippen molar-refractivity contribution in [3.63, 3.8) is 0 Å². The zero-order valence-corrected chi connectivity index (χ0v) is 26.5. The Labute approximate surface area is 264 Å². The molecule has 2 atom stereocenters. The van der Waals surface area contributed by atoms with Gasteiger partial charge in [-0.3, -0.25) is 9.80 Å². The molecule has 0 fully saturated rings. The van der Waals surface area contributed by atoms with E-state index in [2.05, 4.69) is 54.2 Å². The van der Waals surface area contributed by atoms with E-state index in [1.807, 2.05) is 18.2 Å². The van der Waals surface area contributed by atoms with Gasteiger partial charge >= 0.3 is 0 Å². The van der Waals surface area contributed by atoms with E-state index in [1.54, 1.807) is 27.4 Å². The standard InChI is InChI=1S/C37H40N2O6/c1-38-12-10-23-18-33-32(43-4)20-25(23)28(38)16-21-6-8-30(40)26(14-21)27-15-22(7-9-31(27)42-3)17-29-35-24(11-13-39(29)2)19-34(44-5)36(41)37(35)45-33/h6-9,14-15,18-20,28-29,40-41H,10-13,16-17H2,1-5H3/t28-,29+/m1/s1. The molecule has 8 bridgehead atoms. The van der Waals surface area contributed by atoms with Gasteiger partial charge in [0, 0.05) is 41.9 Å². The maximum atomic E-state index is 11.6. The summed E-state index contributed by atoms with van der Waals surface area (Å²) in [4.78, 5) is 4.68. The van der Waals surface area contributed by atoms with Crippen LogP contribution in [0.1, 0.15) is 45.5 Å². The summed E-state index contributed by atoms with van der Waals surface area (Å²) in [6.07, 6.45) is 3.05. The van der Waals surface area contributed by atoms with Crippen molar-refractivity contribution in [3.05, 3.63) is 88.0 Å². The molecule has 4 aliphatic rings. The van der Waals surface area contributed by atoms with Crippen molar-refractivity contribution in [2.24, 2.45) is 0 Å². The lowest BCUT2D eigenvalue weighted by Crippen LogP contribution is -2.34. The van der Waals surface area contributed by atoms with E-state index in [-0.39, 0.29) is 23.6 Å². The van der Waals surface area contributed by atoms with Gasteiger partial charge in [-0.15, -0.1) is 0 Å². The molecule has 234 valence electrons. The Kier molecular flexibility index (Phi) is 7.50. The molecule has 8 rings (SSSR count). The van der Waals surface area contributed by atoms with Crippen LogP contribution < -0.4 is 18.9 Å². The number of nitrogens with zero attached hydrogens (tertiary/aromatic N) is 2. The summed E-state index contributed by atoms with van der Waals surface area (Å²) in [5, 5.41) is 22.8. The second-order valence-corrected chi connectivity index (χ2v) is 12.4. The Morgan fingerprint density at radius 3 is 2.07 bits per heavy atom. The largest absolute Gasteiger partial charge is 0.507 e. The van der Waals surface area contributed by atoms with Gasteiger partial charge in [-0.25, -0.2) is 0 Å². The first-order chi connectivity index (χ1) is 21.8. The van der Waals surface area contributed by atoms with E-state index in [0.29, 0.717) is 35.2 Å². The van der Waals surface area contributed by atoms with Crippen molar-refractivity contribution in [2.75, 3.05) is 48.5 Å². The highest BCUT2D eigenvalue weighted by atomic mass is 16.5. The van der Waals surface area contributed by atoms with E-state index in [0.717, 1.165) is 65.7 Å². The third-order valence-corrected chi connectivity index (χ3v) is 9.90. The number of rotatable bonds is 3. The Morgan fingerprint density at radius 1 is 0.689 bits per heavy atom. The molecule has 0 saturated heterocycles. The molecule has 0 saturated carbocycles. The van der Waals surface area contributed by atoms with Gasteiger partial charge in [-0.05, 0) is 110 Å². The summed E-state index contributed by atoms with van der Waals surface area (Å²) in [6, 6.07) is 18.2. The van der Waals surface area contributed by atoms with Gasteiger partial charge < -0.3 is 29.2 Å². The van der Waals surface area contributed by atoms with Gasteiger partial charge in [0.2, 0.25) is 5.75 Å². The highest BCUT2D eigenvalue weighted by molar-refractivity contribution is 5.77. The quantitative estimate of drug-likeness (QED) is 0.275. The minimum atomic E-state index is -0.0981. The molecular formula is C37H40N2O6. The summed E-state index contributed by atoms with van der Waals surface area (Å²) in [7, 11) is 9.14. The minimum absolute atomic E-state index is 0.0248. The first-order valence-electron chi connectivity index (χ1n) is 15.5.